The van der Waals surface area contributed by atoms with Gasteiger partial charge in [0, 0.05) is 30.9 Å². The average Bonchev–Trinajstić information content (AvgIpc) is 2.90. The molecule has 0 radical (unpaired) electrons. The average molecular weight is 492 g/mol. The molecule has 1 heterocycles. The van der Waals surface area contributed by atoms with E-state index in [-0.39, 0.29) is 23.8 Å². The highest BCUT2D eigenvalue weighted by molar-refractivity contribution is 5.96. The zero-order valence-corrected chi connectivity index (χ0v) is 21.3. The summed E-state index contributed by atoms with van der Waals surface area (Å²) < 4.78 is 5.12. The summed E-state index contributed by atoms with van der Waals surface area (Å²) in [5.41, 5.74) is 16.4. The Morgan fingerprint density at radius 3 is 2.50 bits per heavy atom. The summed E-state index contributed by atoms with van der Waals surface area (Å²) in [7, 11) is 1.36. The van der Waals surface area contributed by atoms with Gasteiger partial charge in [-0.15, -0.1) is 0 Å². The van der Waals surface area contributed by atoms with Crippen molar-refractivity contribution in [1.82, 2.24) is 10.2 Å². The normalized spacial score (nSPS) is 16.1. The molecule has 0 bridgehead atoms. The predicted octanol–water partition coefficient (Wildman–Crippen LogP) is 3.62. The number of nitrogens with one attached hydrogen (secondary N) is 2. The van der Waals surface area contributed by atoms with Crippen LogP contribution < -0.4 is 16.8 Å². The molecule has 0 aliphatic carbocycles. The number of guanidine groups is 1. The number of piperidine rings is 1. The first-order valence-corrected chi connectivity index (χ1v) is 12.3. The van der Waals surface area contributed by atoms with Gasteiger partial charge in [-0.25, -0.2) is 0 Å². The van der Waals surface area contributed by atoms with Gasteiger partial charge in [0.25, 0.3) is 5.91 Å². The number of nitrogens with two attached hydrogens (primary N) is 2. The van der Waals surface area contributed by atoms with Crippen LogP contribution in [0.25, 0.3) is 11.1 Å². The number of amides is 1. The van der Waals surface area contributed by atoms with Gasteiger partial charge in [0.05, 0.1) is 13.0 Å². The molecule has 1 fully saturated rings. The molecule has 0 spiro atoms. The van der Waals surface area contributed by atoms with E-state index in [1.165, 1.54) is 7.11 Å². The lowest BCUT2D eigenvalue weighted by Crippen LogP contribution is -2.44. The Bertz CT molecular complexity index is 1120. The van der Waals surface area contributed by atoms with Crippen molar-refractivity contribution >= 4 is 17.8 Å². The van der Waals surface area contributed by atoms with Gasteiger partial charge in [0.15, 0.2) is 5.96 Å². The van der Waals surface area contributed by atoms with Crippen molar-refractivity contribution in [1.29, 1.82) is 5.41 Å². The number of esters is 1. The number of ether oxygens (including phenoxy) is 1. The van der Waals surface area contributed by atoms with Crippen molar-refractivity contribution in [2.24, 2.45) is 23.3 Å². The van der Waals surface area contributed by atoms with Gasteiger partial charge in [0.2, 0.25) is 0 Å². The highest BCUT2D eigenvalue weighted by atomic mass is 16.5. The molecule has 1 aliphatic heterocycles. The molecule has 2 aromatic rings. The number of benzene rings is 2. The number of hydrogen-bond donors (Lipinski definition) is 4. The minimum absolute atomic E-state index is 0.0447. The second-order valence-corrected chi connectivity index (χ2v) is 9.50. The standard InChI is InChI=1S/C28H37N5O3/c1-18(2)25(24(27(35)36-3)15-20-7-5-13-33(17-20)28(30)31)32-26(34)22-11-9-21(10-12-22)23-8-4-6-19(14-23)16-29/h4,6,8-12,14,20,24H,5,7,13,15-17,29H2,1-3H3,(H3,30,31)(H,32,34)/t20?,24-/m1/s1. The van der Waals surface area contributed by atoms with Crippen molar-refractivity contribution in [3.63, 3.8) is 0 Å². The second kappa shape index (κ2) is 12.4. The van der Waals surface area contributed by atoms with Gasteiger partial charge in [-0.2, -0.15) is 0 Å². The molecular formula is C28H37N5O3. The van der Waals surface area contributed by atoms with E-state index in [2.05, 4.69) is 5.32 Å². The lowest BCUT2D eigenvalue weighted by molar-refractivity contribution is -0.144. The van der Waals surface area contributed by atoms with E-state index in [0.717, 1.165) is 41.6 Å². The number of likely N-dealkylation sites (tertiary alicyclic amines) is 1. The Morgan fingerprint density at radius 1 is 1.17 bits per heavy atom. The minimum atomic E-state index is -0.612. The first-order valence-electron chi connectivity index (χ1n) is 12.3. The van der Waals surface area contributed by atoms with Crippen molar-refractivity contribution < 1.29 is 14.3 Å². The number of methoxy groups -OCH3 is 1. The molecule has 1 amide bonds. The lowest BCUT2D eigenvalue weighted by Gasteiger charge is -2.34. The summed E-state index contributed by atoms with van der Waals surface area (Å²) in [5.74, 6) is -1.08. The Morgan fingerprint density at radius 2 is 1.89 bits per heavy atom. The Hall–Kier alpha value is -3.65. The van der Waals surface area contributed by atoms with Crippen LogP contribution in [0.5, 0.6) is 0 Å². The van der Waals surface area contributed by atoms with Crippen molar-refractivity contribution in [3.8, 4) is 11.1 Å². The van der Waals surface area contributed by atoms with Gasteiger partial charge in [-0.1, -0.05) is 35.9 Å². The third-order valence-corrected chi connectivity index (χ3v) is 6.69. The number of nitrogens with zero attached hydrogens (tertiary/aromatic N) is 1. The molecule has 0 aromatic heterocycles. The smallest absolute Gasteiger partial charge is 0.314 e. The maximum absolute atomic E-state index is 13.2. The third-order valence-electron chi connectivity index (χ3n) is 6.69. The van der Waals surface area contributed by atoms with Gasteiger partial charge >= 0.3 is 5.97 Å². The number of carbonyl (C=O) groups excluding carboxylic acids is 2. The molecule has 3 rings (SSSR count). The summed E-state index contributed by atoms with van der Waals surface area (Å²) in [6, 6.07) is 15.4. The molecule has 2 aromatic carbocycles. The first-order chi connectivity index (χ1) is 17.2. The molecule has 0 saturated carbocycles. The highest BCUT2D eigenvalue weighted by Crippen LogP contribution is 2.29. The maximum Gasteiger partial charge on any atom is 0.314 e. The van der Waals surface area contributed by atoms with Crippen LogP contribution in [0.1, 0.15) is 49.0 Å². The molecule has 1 unspecified atom stereocenters. The van der Waals surface area contributed by atoms with E-state index in [1.807, 2.05) is 55.1 Å². The van der Waals surface area contributed by atoms with Crippen LogP contribution in [0, 0.1) is 17.2 Å². The maximum atomic E-state index is 13.2. The van der Waals surface area contributed by atoms with E-state index < -0.39 is 5.92 Å². The second-order valence-electron chi connectivity index (χ2n) is 9.50. The molecule has 8 nitrogen and oxygen atoms in total. The molecular weight excluding hydrogens is 454 g/mol. The zero-order chi connectivity index (χ0) is 26.2. The SMILES string of the molecule is COC(=O)[C@H](CC1CCCN(C(=N)N)C1)C(NC(=O)c1ccc(-c2cccc(CN)c2)cc1)=C(C)C. The van der Waals surface area contributed by atoms with Crippen LogP contribution in [0.4, 0.5) is 0 Å². The minimum Gasteiger partial charge on any atom is -0.469 e. The van der Waals surface area contributed by atoms with Crippen LogP contribution in [-0.2, 0) is 16.1 Å². The summed E-state index contributed by atoms with van der Waals surface area (Å²) >= 11 is 0. The van der Waals surface area contributed by atoms with Crippen molar-refractivity contribution in [2.45, 2.75) is 39.7 Å². The Balaban J connectivity index is 1.77. The summed E-state index contributed by atoms with van der Waals surface area (Å²) in [6.45, 7) is 5.57. The fourth-order valence-electron chi connectivity index (χ4n) is 4.73. The largest absolute Gasteiger partial charge is 0.469 e. The Kier molecular flexibility index (Phi) is 9.25. The summed E-state index contributed by atoms with van der Waals surface area (Å²) in [5, 5.41) is 10.7. The quantitative estimate of drug-likeness (QED) is 0.253. The van der Waals surface area contributed by atoms with Gasteiger partial charge in [-0.05, 0) is 73.9 Å². The number of rotatable bonds is 8. The molecule has 36 heavy (non-hydrogen) atoms. The third kappa shape index (κ3) is 6.73. The number of hydrogen-bond acceptors (Lipinski definition) is 5. The first kappa shape index (κ1) is 26.9. The topological polar surface area (TPSA) is 135 Å². The van der Waals surface area contributed by atoms with E-state index >= 15 is 0 Å². The molecule has 8 heteroatoms. The monoisotopic (exact) mass is 491 g/mol. The van der Waals surface area contributed by atoms with E-state index in [0.29, 0.717) is 30.8 Å². The van der Waals surface area contributed by atoms with Crippen LogP contribution >= 0.6 is 0 Å². The van der Waals surface area contributed by atoms with Crippen LogP contribution in [0.15, 0.2) is 59.8 Å². The number of allylic oxidation sites excluding steroid dienone is 1. The fraction of sp³-hybridized carbons (Fsp3) is 0.393. The molecule has 1 aliphatic rings. The zero-order valence-electron chi connectivity index (χ0n) is 21.3. The van der Waals surface area contributed by atoms with E-state index in [9.17, 15) is 9.59 Å². The Labute approximate surface area is 213 Å². The summed E-state index contributed by atoms with van der Waals surface area (Å²) in [4.78, 5) is 27.8. The van der Waals surface area contributed by atoms with Crippen molar-refractivity contribution in [2.75, 3.05) is 20.2 Å². The molecule has 2 atom stereocenters. The van der Waals surface area contributed by atoms with E-state index in [4.69, 9.17) is 21.6 Å². The van der Waals surface area contributed by atoms with Gasteiger partial charge < -0.3 is 26.4 Å². The number of carbonyl (C=O) groups is 2. The highest BCUT2D eigenvalue weighted by Gasteiger charge is 2.32. The fourth-order valence-corrected chi connectivity index (χ4v) is 4.73. The lowest BCUT2D eigenvalue weighted by atomic mass is 9.85. The van der Waals surface area contributed by atoms with Gasteiger partial charge in [0.1, 0.15) is 0 Å². The van der Waals surface area contributed by atoms with Crippen LogP contribution in [0.3, 0.4) is 0 Å². The van der Waals surface area contributed by atoms with Crippen LogP contribution in [0.2, 0.25) is 0 Å². The van der Waals surface area contributed by atoms with Crippen molar-refractivity contribution in [3.05, 3.63) is 70.9 Å². The molecule has 192 valence electrons. The van der Waals surface area contributed by atoms with Gasteiger partial charge in [-0.3, -0.25) is 15.0 Å². The van der Waals surface area contributed by atoms with E-state index in [1.54, 1.807) is 12.1 Å². The summed E-state index contributed by atoms with van der Waals surface area (Å²) in [6.07, 6.45) is 2.33. The molecule has 1 saturated heterocycles. The predicted molar refractivity (Wildman–Crippen MR) is 142 cm³/mol. The van der Waals surface area contributed by atoms with Crippen LogP contribution in [-0.4, -0.2) is 42.9 Å². The molecule has 6 N–H and O–H groups in total.